The number of anilines is 1. The van der Waals surface area contributed by atoms with E-state index in [-0.39, 0.29) is 36.3 Å². The number of carbonyl (C=O) groups excluding carboxylic acids is 5. The molecular formula is C38H34N6O5. The molecule has 0 bridgehead atoms. The first-order chi connectivity index (χ1) is 23.8. The molecule has 1 atom stereocenters. The largest absolute Gasteiger partial charge is 0.383 e. The first kappa shape index (κ1) is 31.5. The molecule has 11 nitrogen and oxygen atoms in total. The molecule has 4 heterocycles. The Balaban J connectivity index is 0.990. The SMILES string of the molecule is Cc1ccc(-c2[nH]c3ncccc3c2CCC(=O)NCCNc2ccc3c(c2)C(=O)N(C2CCC(=O)NC2=O)C3=O)c(-c2ccccc2)c1. The van der Waals surface area contributed by atoms with Crippen LogP contribution in [0.4, 0.5) is 5.69 Å². The van der Waals surface area contributed by atoms with Crippen molar-refractivity contribution >= 4 is 46.3 Å². The van der Waals surface area contributed by atoms with Crippen LogP contribution < -0.4 is 16.0 Å². The van der Waals surface area contributed by atoms with Crippen LogP contribution in [0.3, 0.4) is 0 Å². The summed E-state index contributed by atoms with van der Waals surface area (Å²) >= 11 is 0. The normalized spacial score (nSPS) is 15.8. The summed E-state index contributed by atoms with van der Waals surface area (Å²) in [6.07, 6.45) is 2.69. The molecule has 0 radical (unpaired) electrons. The van der Waals surface area contributed by atoms with E-state index in [0.717, 1.165) is 49.4 Å². The summed E-state index contributed by atoms with van der Waals surface area (Å²) in [4.78, 5) is 72.0. The molecular weight excluding hydrogens is 620 g/mol. The lowest BCUT2D eigenvalue weighted by Gasteiger charge is -2.27. The second kappa shape index (κ2) is 13.2. The summed E-state index contributed by atoms with van der Waals surface area (Å²) in [5.41, 5.74) is 8.15. The van der Waals surface area contributed by atoms with E-state index in [1.165, 1.54) is 0 Å². The lowest BCUT2D eigenvalue weighted by molar-refractivity contribution is -0.136. The molecule has 7 rings (SSSR count). The number of carbonyl (C=O) groups is 5. The van der Waals surface area contributed by atoms with E-state index in [0.29, 0.717) is 25.2 Å². The van der Waals surface area contributed by atoms with Crippen molar-refractivity contribution in [2.75, 3.05) is 18.4 Å². The van der Waals surface area contributed by atoms with E-state index in [1.54, 1.807) is 24.4 Å². The molecule has 5 aromatic rings. The predicted molar refractivity (Wildman–Crippen MR) is 185 cm³/mol. The maximum atomic E-state index is 13.1. The van der Waals surface area contributed by atoms with E-state index in [1.807, 2.05) is 30.3 Å². The predicted octanol–water partition coefficient (Wildman–Crippen LogP) is 4.77. The number of aryl methyl sites for hydroxylation is 2. The van der Waals surface area contributed by atoms with Crippen LogP contribution in [-0.4, -0.2) is 63.5 Å². The Labute approximate surface area is 282 Å². The molecule has 49 heavy (non-hydrogen) atoms. The van der Waals surface area contributed by atoms with Gasteiger partial charge in [0.25, 0.3) is 11.8 Å². The molecule has 1 unspecified atom stereocenters. The number of rotatable bonds is 10. The number of hydrogen-bond donors (Lipinski definition) is 4. The number of imide groups is 2. The first-order valence-electron chi connectivity index (χ1n) is 16.3. The minimum atomic E-state index is -1.02. The zero-order valence-corrected chi connectivity index (χ0v) is 26.8. The summed E-state index contributed by atoms with van der Waals surface area (Å²) in [5.74, 6) is -2.30. The van der Waals surface area contributed by atoms with Crippen LogP contribution >= 0.6 is 0 Å². The number of benzene rings is 3. The number of amides is 5. The molecule has 11 heteroatoms. The Morgan fingerprint density at radius 2 is 1.67 bits per heavy atom. The number of aromatic nitrogens is 2. The first-order valence-corrected chi connectivity index (χ1v) is 16.3. The smallest absolute Gasteiger partial charge is 0.262 e. The molecule has 2 aliphatic rings. The zero-order chi connectivity index (χ0) is 34.1. The molecule has 5 amide bonds. The summed E-state index contributed by atoms with van der Waals surface area (Å²) in [6.45, 7) is 2.80. The number of aromatic amines is 1. The van der Waals surface area contributed by atoms with Gasteiger partial charge in [-0.15, -0.1) is 0 Å². The number of hydrogen-bond acceptors (Lipinski definition) is 7. The van der Waals surface area contributed by atoms with Crippen molar-refractivity contribution in [2.45, 2.75) is 38.6 Å². The quantitative estimate of drug-likeness (QED) is 0.125. The average molecular weight is 655 g/mol. The molecule has 0 aliphatic carbocycles. The summed E-state index contributed by atoms with van der Waals surface area (Å²) < 4.78 is 0. The summed E-state index contributed by atoms with van der Waals surface area (Å²) in [5, 5.41) is 9.33. The van der Waals surface area contributed by atoms with Gasteiger partial charge in [-0.1, -0.05) is 54.1 Å². The van der Waals surface area contributed by atoms with Gasteiger partial charge in [0, 0.05) is 48.8 Å². The summed E-state index contributed by atoms with van der Waals surface area (Å²) in [7, 11) is 0. The molecule has 246 valence electrons. The molecule has 0 spiro atoms. The van der Waals surface area contributed by atoms with Gasteiger partial charge in [-0.25, -0.2) is 4.98 Å². The molecule has 2 aromatic heterocycles. The van der Waals surface area contributed by atoms with Crippen molar-refractivity contribution in [3.63, 3.8) is 0 Å². The lowest BCUT2D eigenvalue weighted by Crippen LogP contribution is -2.54. The van der Waals surface area contributed by atoms with Crippen molar-refractivity contribution in [3.8, 4) is 22.4 Å². The highest BCUT2D eigenvalue weighted by atomic mass is 16.2. The third kappa shape index (κ3) is 6.18. The van der Waals surface area contributed by atoms with Gasteiger partial charge < -0.3 is 15.6 Å². The fourth-order valence-electron chi connectivity index (χ4n) is 6.62. The topological polar surface area (TPSA) is 153 Å². The van der Waals surface area contributed by atoms with Crippen molar-refractivity contribution < 1.29 is 24.0 Å². The van der Waals surface area contributed by atoms with Crippen LogP contribution in [0, 0.1) is 6.92 Å². The number of piperidine rings is 1. The zero-order valence-electron chi connectivity index (χ0n) is 26.8. The fraction of sp³-hybridized carbons (Fsp3) is 0.211. The van der Waals surface area contributed by atoms with Crippen LogP contribution in [-0.2, 0) is 20.8 Å². The Bertz CT molecular complexity index is 2140. The van der Waals surface area contributed by atoms with E-state index < -0.39 is 29.7 Å². The van der Waals surface area contributed by atoms with Gasteiger partial charge in [-0.05, 0) is 66.8 Å². The second-order valence-corrected chi connectivity index (χ2v) is 12.3. The van der Waals surface area contributed by atoms with Gasteiger partial charge >= 0.3 is 0 Å². The molecule has 4 N–H and O–H groups in total. The van der Waals surface area contributed by atoms with E-state index >= 15 is 0 Å². The number of H-pyrrole nitrogens is 1. The molecule has 0 saturated carbocycles. The van der Waals surface area contributed by atoms with Crippen molar-refractivity contribution in [1.29, 1.82) is 0 Å². The monoisotopic (exact) mass is 654 g/mol. The van der Waals surface area contributed by atoms with E-state index in [4.69, 9.17) is 0 Å². The Morgan fingerprint density at radius 3 is 2.49 bits per heavy atom. The van der Waals surface area contributed by atoms with Crippen molar-refractivity contribution in [1.82, 2.24) is 25.5 Å². The minimum absolute atomic E-state index is 0.0599. The highest BCUT2D eigenvalue weighted by molar-refractivity contribution is 6.23. The van der Waals surface area contributed by atoms with Crippen molar-refractivity contribution in [2.24, 2.45) is 0 Å². The van der Waals surface area contributed by atoms with Gasteiger partial charge in [0.05, 0.1) is 16.8 Å². The van der Waals surface area contributed by atoms with Crippen LogP contribution in [0.25, 0.3) is 33.4 Å². The highest BCUT2D eigenvalue weighted by Gasteiger charge is 2.44. The van der Waals surface area contributed by atoms with Gasteiger partial charge in [-0.3, -0.25) is 34.2 Å². The van der Waals surface area contributed by atoms with Gasteiger partial charge in [0.2, 0.25) is 17.7 Å². The molecule has 3 aromatic carbocycles. The number of nitrogens with zero attached hydrogens (tertiary/aromatic N) is 2. The summed E-state index contributed by atoms with van der Waals surface area (Å²) in [6, 6.07) is 24.3. The Kier molecular flexibility index (Phi) is 8.48. The standard InChI is InChI=1S/C38H34N6O5/c1-22-9-11-26(29(20-22)23-6-3-2-4-7-23)34-25(27-8-5-17-41-35(27)43-34)13-15-32(45)40-19-18-39-24-10-12-28-30(21-24)38(49)44(37(28)48)31-14-16-33(46)42-36(31)47/h2-12,17,20-21,31,39H,13-16,18-19H2,1H3,(H,40,45)(H,41,43)(H,42,46,47). The van der Waals surface area contributed by atoms with E-state index in [9.17, 15) is 24.0 Å². The fourth-order valence-corrected chi connectivity index (χ4v) is 6.62. The van der Waals surface area contributed by atoms with Crippen LogP contribution in [0.1, 0.15) is 51.1 Å². The van der Waals surface area contributed by atoms with Gasteiger partial charge in [0.1, 0.15) is 11.7 Å². The number of pyridine rings is 1. The van der Waals surface area contributed by atoms with Gasteiger partial charge in [-0.2, -0.15) is 0 Å². The molecule has 1 saturated heterocycles. The highest BCUT2D eigenvalue weighted by Crippen LogP contribution is 2.37. The average Bonchev–Trinajstić information content (AvgIpc) is 3.59. The third-order valence-corrected chi connectivity index (χ3v) is 9.03. The van der Waals surface area contributed by atoms with Crippen LogP contribution in [0.15, 0.2) is 85.1 Å². The number of fused-ring (bicyclic) bond motifs is 2. The maximum Gasteiger partial charge on any atom is 0.262 e. The lowest BCUT2D eigenvalue weighted by atomic mass is 9.93. The minimum Gasteiger partial charge on any atom is -0.383 e. The Morgan fingerprint density at radius 1 is 0.878 bits per heavy atom. The second-order valence-electron chi connectivity index (χ2n) is 12.3. The van der Waals surface area contributed by atoms with Crippen LogP contribution in [0.5, 0.6) is 0 Å². The Hall–Kier alpha value is -6.10. The van der Waals surface area contributed by atoms with Crippen molar-refractivity contribution in [3.05, 3.63) is 107 Å². The van der Waals surface area contributed by atoms with E-state index in [2.05, 4.69) is 63.2 Å². The van der Waals surface area contributed by atoms with Gasteiger partial charge in [0.15, 0.2) is 0 Å². The third-order valence-electron chi connectivity index (χ3n) is 9.03. The van der Waals surface area contributed by atoms with Crippen LogP contribution in [0.2, 0.25) is 0 Å². The number of nitrogens with one attached hydrogen (secondary N) is 4. The molecule has 2 aliphatic heterocycles. The maximum absolute atomic E-state index is 13.1. The molecule has 1 fully saturated rings.